The number of amides is 2. The number of thioether (sulfide) groups is 2. The molecular formula is C20H20ClN3O2S3. The third-order valence-corrected chi connectivity index (χ3v) is 6.99. The molecule has 0 saturated heterocycles. The zero-order valence-electron chi connectivity index (χ0n) is 15.9. The lowest BCUT2D eigenvalue weighted by Gasteiger charge is -2.06. The maximum Gasteiger partial charge on any atom is 0.234 e. The monoisotopic (exact) mass is 465 g/mol. The number of rotatable bonds is 8. The van der Waals surface area contributed by atoms with E-state index in [0.717, 1.165) is 25.1 Å². The van der Waals surface area contributed by atoms with E-state index in [1.807, 2.05) is 50.2 Å². The van der Waals surface area contributed by atoms with E-state index >= 15 is 0 Å². The molecule has 0 radical (unpaired) electrons. The molecule has 5 nitrogen and oxygen atoms in total. The molecule has 152 valence electrons. The van der Waals surface area contributed by atoms with Crippen molar-refractivity contribution in [3.63, 3.8) is 0 Å². The van der Waals surface area contributed by atoms with E-state index in [-0.39, 0.29) is 17.9 Å². The second kappa shape index (κ2) is 10.3. The minimum atomic E-state index is -0.0844. The van der Waals surface area contributed by atoms with Gasteiger partial charge in [-0.3, -0.25) is 9.59 Å². The van der Waals surface area contributed by atoms with Crippen LogP contribution in [0.3, 0.4) is 0 Å². The molecule has 1 aromatic heterocycles. The highest BCUT2D eigenvalue weighted by Crippen LogP contribution is 2.31. The third kappa shape index (κ3) is 6.92. The van der Waals surface area contributed by atoms with Gasteiger partial charge in [0.2, 0.25) is 11.8 Å². The van der Waals surface area contributed by atoms with Gasteiger partial charge < -0.3 is 10.6 Å². The van der Waals surface area contributed by atoms with Crippen molar-refractivity contribution in [3.8, 4) is 0 Å². The lowest BCUT2D eigenvalue weighted by atomic mass is 10.3. The first-order chi connectivity index (χ1) is 13.9. The maximum absolute atomic E-state index is 12.3. The molecule has 0 spiro atoms. The zero-order chi connectivity index (χ0) is 20.8. The average molecular weight is 466 g/mol. The molecule has 0 bridgehead atoms. The van der Waals surface area contributed by atoms with Crippen molar-refractivity contribution in [1.29, 1.82) is 0 Å². The summed E-state index contributed by atoms with van der Waals surface area (Å²) >= 11 is 10.3. The van der Waals surface area contributed by atoms with E-state index in [0.29, 0.717) is 16.5 Å². The lowest BCUT2D eigenvalue weighted by Crippen LogP contribution is -2.31. The minimum Gasteiger partial charge on any atom is -0.353 e. The van der Waals surface area contributed by atoms with Gasteiger partial charge in [-0.2, -0.15) is 0 Å². The Morgan fingerprint density at radius 2 is 1.90 bits per heavy atom. The van der Waals surface area contributed by atoms with Crippen LogP contribution in [0.1, 0.15) is 13.8 Å². The van der Waals surface area contributed by atoms with Gasteiger partial charge in [0.15, 0.2) is 4.34 Å². The van der Waals surface area contributed by atoms with Gasteiger partial charge in [-0.25, -0.2) is 4.98 Å². The number of aromatic nitrogens is 1. The summed E-state index contributed by atoms with van der Waals surface area (Å²) in [5, 5.41) is 6.43. The fourth-order valence-electron chi connectivity index (χ4n) is 2.44. The van der Waals surface area contributed by atoms with E-state index < -0.39 is 0 Å². The number of halogens is 1. The molecule has 0 unspecified atom stereocenters. The van der Waals surface area contributed by atoms with Crippen molar-refractivity contribution in [2.24, 2.45) is 0 Å². The second-order valence-corrected chi connectivity index (χ2v) is 10.2. The van der Waals surface area contributed by atoms with Crippen molar-refractivity contribution >= 4 is 74.2 Å². The highest BCUT2D eigenvalue weighted by Gasteiger charge is 2.10. The van der Waals surface area contributed by atoms with Gasteiger partial charge in [-0.1, -0.05) is 29.4 Å². The summed E-state index contributed by atoms with van der Waals surface area (Å²) in [7, 11) is 0. The molecule has 0 aliphatic carbocycles. The van der Waals surface area contributed by atoms with Crippen molar-refractivity contribution in [2.45, 2.75) is 29.1 Å². The van der Waals surface area contributed by atoms with Gasteiger partial charge in [-0.15, -0.1) is 23.1 Å². The average Bonchev–Trinajstić information content (AvgIpc) is 3.06. The third-order valence-electron chi connectivity index (χ3n) is 3.59. The molecule has 0 aliphatic heterocycles. The predicted molar refractivity (Wildman–Crippen MR) is 124 cm³/mol. The number of hydrogen-bond acceptors (Lipinski definition) is 6. The summed E-state index contributed by atoms with van der Waals surface area (Å²) in [5.74, 6) is 0.545. The standard InChI is InChI=1S/C20H20ClN3O2S3/c1-12(2)22-18(25)11-28-20-24-16-7-6-14(9-17(16)29-20)23-19(26)10-27-15-5-3-4-13(21)8-15/h3-9,12H,10-11H2,1-2H3,(H,22,25)(H,23,26). The summed E-state index contributed by atoms with van der Waals surface area (Å²) in [6.45, 7) is 3.87. The Kier molecular flexibility index (Phi) is 7.83. The molecule has 2 N–H and O–H groups in total. The Labute approximate surface area is 187 Å². The van der Waals surface area contributed by atoms with E-state index in [4.69, 9.17) is 11.6 Å². The number of fused-ring (bicyclic) bond motifs is 1. The fraction of sp³-hybridized carbons (Fsp3) is 0.250. The number of anilines is 1. The normalized spacial score (nSPS) is 11.0. The molecule has 2 amide bonds. The Morgan fingerprint density at radius 1 is 1.10 bits per heavy atom. The van der Waals surface area contributed by atoms with Crippen molar-refractivity contribution in [2.75, 3.05) is 16.8 Å². The van der Waals surface area contributed by atoms with Gasteiger partial charge in [-0.05, 0) is 50.2 Å². The number of hydrogen-bond donors (Lipinski definition) is 2. The molecule has 0 aliphatic rings. The van der Waals surface area contributed by atoms with E-state index in [1.165, 1.54) is 34.9 Å². The maximum atomic E-state index is 12.3. The smallest absolute Gasteiger partial charge is 0.234 e. The first-order valence-electron chi connectivity index (χ1n) is 8.90. The first kappa shape index (κ1) is 22.0. The largest absolute Gasteiger partial charge is 0.353 e. The Bertz CT molecular complexity index is 1020. The van der Waals surface area contributed by atoms with Crippen LogP contribution < -0.4 is 10.6 Å². The quantitative estimate of drug-likeness (QED) is 0.442. The first-order valence-corrected chi connectivity index (χ1v) is 12.1. The fourth-order valence-corrected chi connectivity index (χ4v) is 5.37. The van der Waals surface area contributed by atoms with Crippen LogP contribution >= 0.6 is 46.5 Å². The number of nitrogens with zero attached hydrogens (tertiary/aromatic N) is 1. The molecule has 3 aromatic rings. The van der Waals surface area contributed by atoms with Gasteiger partial charge in [0.25, 0.3) is 0 Å². The van der Waals surface area contributed by atoms with Crippen LogP contribution in [-0.2, 0) is 9.59 Å². The highest BCUT2D eigenvalue weighted by atomic mass is 35.5. The number of thiazole rings is 1. The highest BCUT2D eigenvalue weighted by molar-refractivity contribution is 8.01. The molecule has 29 heavy (non-hydrogen) atoms. The minimum absolute atomic E-state index is 0.00517. The van der Waals surface area contributed by atoms with Crippen molar-refractivity contribution in [1.82, 2.24) is 10.3 Å². The van der Waals surface area contributed by atoms with Crippen LogP contribution in [0.25, 0.3) is 10.2 Å². The van der Waals surface area contributed by atoms with Crippen molar-refractivity contribution in [3.05, 3.63) is 47.5 Å². The van der Waals surface area contributed by atoms with E-state index in [2.05, 4.69) is 15.6 Å². The summed E-state index contributed by atoms with van der Waals surface area (Å²) in [5.41, 5.74) is 1.58. The van der Waals surface area contributed by atoms with Crippen LogP contribution in [0.5, 0.6) is 0 Å². The predicted octanol–water partition coefficient (Wildman–Crippen LogP) is 5.30. The van der Waals surface area contributed by atoms with Crippen LogP contribution in [-0.4, -0.2) is 34.3 Å². The number of benzene rings is 2. The number of carbonyl (C=O) groups excluding carboxylic acids is 2. The van der Waals surface area contributed by atoms with Gasteiger partial charge >= 0.3 is 0 Å². The molecular weight excluding hydrogens is 446 g/mol. The van der Waals surface area contributed by atoms with E-state index in [9.17, 15) is 9.59 Å². The topological polar surface area (TPSA) is 71.1 Å². The summed E-state index contributed by atoms with van der Waals surface area (Å²) < 4.78 is 1.80. The molecule has 0 atom stereocenters. The van der Waals surface area contributed by atoms with Crippen LogP contribution in [0.15, 0.2) is 51.7 Å². The Hall–Kier alpha value is -1.74. The molecule has 1 heterocycles. The lowest BCUT2D eigenvalue weighted by molar-refractivity contribution is -0.119. The van der Waals surface area contributed by atoms with Crippen LogP contribution in [0, 0.1) is 0 Å². The number of carbonyl (C=O) groups is 2. The second-order valence-electron chi connectivity index (χ2n) is 6.47. The summed E-state index contributed by atoms with van der Waals surface area (Å²) in [6.07, 6.45) is 0. The summed E-state index contributed by atoms with van der Waals surface area (Å²) in [6, 6.07) is 13.2. The van der Waals surface area contributed by atoms with Gasteiger partial charge in [0.05, 0.1) is 21.7 Å². The van der Waals surface area contributed by atoms with E-state index in [1.54, 1.807) is 6.07 Å². The number of nitrogens with one attached hydrogen (secondary N) is 2. The van der Waals surface area contributed by atoms with Crippen LogP contribution in [0.2, 0.25) is 5.02 Å². The summed E-state index contributed by atoms with van der Waals surface area (Å²) in [4.78, 5) is 29.5. The SMILES string of the molecule is CC(C)NC(=O)CSc1nc2ccc(NC(=O)CSc3cccc(Cl)c3)cc2s1. The molecule has 2 aromatic carbocycles. The van der Waals surface area contributed by atoms with Crippen LogP contribution in [0.4, 0.5) is 5.69 Å². The van der Waals surface area contributed by atoms with Gasteiger partial charge in [0.1, 0.15) is 0 Å². The molecule has 0 fully saturated rings. The Balaban J connectivity index is 1.56. The Morgan fingerprint density at radius 3 is 2.66 bits per heavy atom. The molecule has 9 heteroatoms. The zero-order valence-corrected chi connectivity index (χ0v) is 19.1. The molecule has 0 saturated carbocycles. The molecule has 3 rings (SSSR count). The van der Waals surface area contributed by atoms with Gasteiger partial charge in [0, 0.05) is 21.6 Å². The van der Waals surface area contributed by atoms with Crippen molar-refractivity contribution < 1.29 is 9.59 Å².